The fourth-order valence-electron chi connectivity index (χ4n) is 4.71. The highest BCUT2D eigenvalue weighted by atomic mass is 35.5. The zero-order chi connectivity index (χ0) is 25.7. The molecule has 0 radical (unpaired) electrons. The first-order valence-corrected chi connectivity index (χ1v) is 13.0. The molecule has 0 amide bonds. The summed E-state index contributed by atoms with van der Waals surface area (Å²) in [5.41, 5.74) is 2.61. The highest BCUT2D eigenvalue weighted by Crippen LogP contribution is 2.38. The van der Waals surface area contributed by atoms with E-state index in [1.165, 1.54) is 0 Å². The van der Waals surface area contributed by atoms with Crippen LogP contribution in [0.1, 0.15) is 36.8 Å². The van der Waals surface area contributed by atoms with Gasteiger partial charge >= 0.3 is 0 Å². The molecule has 36 heavy (non-hydrogen) atoms. The van der Waals surface area contributed by atoms with Crippen LogP contribution >= 0.6 is 23.2 Å². The average Bonchev–Trinajstić information content (AvgIpc) is 2.88. The lowest BCUT2D eigenvalue weighted by Crippen LogP contribution is -2.52. The van der Waals surface area contributed by atoms with E-state index in [-0.39, 0.29) is 19.3 Å². The molecule has 0 spiro atoms. The highest BCUT2D eigenvalue weighted by Gasteiger charge is 2.34. The molecule has 0 saturated carbocycles. The van der Waals surface area contributed by atoms with Crippen molar-refractivity contribution < 1.29 is 14.9 Å². The summed E-state index contributed by atoms with van der Waals surface area (Å²) in [7, 11) is 0. The van der Waals surface area contributed by atoms with Crippen molar-refractivity contribution in [3.63, 3.8) is 0 Å². The molecular formula is C28H33Cl2N3O3. The molecule has 0 aliphatic carbocycles. The molecule has 2 atom stereocenters. The van der Waals surface area contributed by atoms with Crippen molar-refractivity contribution in [1.29, 1.82) is 0 Å². The van der Waals surface area contributed by atoms with Crippen LogP contribution in [0.5, 0.6) is 5.75 Å². The van der Waals surface area contributed by atoms with Crippen molar-refractivity contribution in [2.24, 2.45) is 0 Å². The molecule has 2 N–H and O–H groups in total. The SMILES string of the molecule is CCc1cccc([C@](C)(O)CN2CCN(c3ccc(OCCO)cc3Cl)[C@H](c3ccc(Cl)cc3)C2)n1. The largest absolute Gasteiger partial charge is 0.491 e. The molecular weight excluding hydrogens is 497 g/mol. The Morgan fingerprint density at radius 2 is 1.86 bits per heavy atom. The number of aromatic nitrogens is 1. The van der Waals surface area contributed by atoms with Crippen LogP contribution in [-0.4, -0.2) is 59.5 Å². The molecule has 1 aliphatic rings. The predicted molar refractivity (Wildman–Crippen MR) is 145 cm³/mol. The second kappa shape index (κ2) is 11.8. The van der Waals surface area contributed by atoms with Crippen LogP contribution in [0.2, 0.25) is 10.0 Å². The van der Waals surface area contributed by atoms with Crippen LogP contribution in [0.15, 0.2) is 60.7 Å². The van der Waals surface area contributed by atoms with E-state index in [0.29, 0.717) is 34.6 Å². The summed E-state index contributed by atoms with van der Waals surface area (Å²) in [6, 6.07) is 19.4. The molecule has 192 valence electrons. The van der Waals surface area contributed by atoms with Gasteiger partial charge in [-0.25, -0.2) is 0 Å². The second-order valence-electron chi connectivity index (χ2n) is 9.32. The number of β-amino-alcohol motifs (C(OH)–C–C–N with tert-alkyl or cyclic N) is 1. The van der Waals surface area contributed by atoms with Crippen molar-refractivity contribution in [2.45, 2.75) is 31.9 Å². The minimum absolute atomic E-state index is 0.00321. The topological polar surface area (TPSA) is 69.1 Å². The number of halogens is 2. The minimum atomic E-state index is -1.08. The summed E-state index contributed by atoms with van der Waals surface area (Å²) in [6.45, 7) is 6.71. The van der Waals surface area contributed by atoms with E-state index in [4.69, 9.17) is 33.0 Å². The zero-order valence-corrected chi connectivity index (χ0v) is 22.2. The van der Waals surface area contributed by atoms with Crippen LogP contribution in [0, 0.1) is 0 Å². The molecule has 4 rings (SSSR count). The van der Waals surface area contributed by atoms with Crippen LogP contribution in [0.25, 0.3) is 0 Å². The number of aryl methyl sites for hydroxylation is 1. The summed E-state index contributed by atoms with van der Waals surface area (Å²) >= 11 is 12.9. The van der Waals surface area contributed by atoms with Gasteiger partial charge in [0.1, 0.15) is 18.0 Å². The quantitative estimate of drug-likeness (QED) is 0.402. The van der Waals surface area contributed by atoms with Gasteiger partial charge in [-0.1, -0.05) is 48.3 Å². The number of hydrogen-bond acceptors (Lipinski definition) is 6. The lowest BCUT2D eigenvalue weighted by molar-refractivity contribution is 0.00664. The first-order chi connectivity index (χ1) is 17.3. The van der Waals surface area contributed by atoms with Gasteiger partial charge in [0.05, 0.1) is 29.1 Å². The molecule has 1 saturated heterocycles. The Morgan fingerprint density at radius 3 is 2.56 bits per heavy atom. The fraction of sp³-hybridized carbons (Fsp3) is 0.393. The van der Waals surface area contributed by atoms with Gasteiger partial charge in [-0.3, -0.25) is 9.88 Å². The number of aliphatic hydroxyl groups excluding tert-OH is 1. The van der Waals surface area contributed by atoms with E-state index >= 15 is 0 Å². The Kier molecular flexibility index (Phi) is 8.75. The lowest BCUT2D eigenvalue weighted by atomic mass is 9.97. The Labute approximate surface area is 223 Å². The average molecular weight is 530 g/mol. The zero-order valence-electron chi connectivity index (χ0n) is 20.7. The molecule has 1 aliphatic heterocycles. The number of pyridine rings is 1. The van der Waals surface area contributed by atoms with Crippen LogP contribution < -0.4 is 9.64 Å². The Bertz CT molecular complexity index is 1160. The molecule has 3 aromatic rings. The number of hydrogen-bond donors (Lipinski definition) is 2. The summed E-state index contributed by atoms with van der Waals surface area (Å²) < 4.78 is 5.52. The van der Waals surface area contributed by atoms with Gasteiger partial charge in [0.2, 0.25) is 0 Å². The first-order valence-electron chi connectivity index (χ1n) is 12.3. The maximum atomic E-state index is 11.4. The van der Waals surface area contributed by atoms with Gasteiger partial charge in [-0.15, -0.1) is 0 Å². The summed E-state index contributed by atoms with van der Waals surface area (Å²) in [5.74, 6) is 0.623. The molecule has 0 unspecified atom stereocenters. The van der Waals surface area contributed by atoms with Gasteiger partial charge in [0.25, 0.3) is 0 Å². The third-order valence-corrected chi connectivity index (χ3v) is 7.11. The number of benzene rings is 2. The van der Waals surface area contributed by atoms with Crippen molar-refractivity contribution in [2.75, 3.05) is 44.3 Å². The number of rotatable bonds is 9. The molecule has 2 heterocycles. The van der Waals surface area contributed by atoms with Gasteiger partial charge in [0.15, 0.2) is 0 Å². The number of anilines is 1. The normalized spacial score (nSPS) is 18.2. The third-order valence-electron chi connectivity index (χ3n) is 6.56. The highest BCUT2D eigenvalue weighted by molar-refractivity contribution is 6.33. The van der Waals surface area contributed by atoms with Crippen molar-refractivity contribution in [3.05, 3.63) is 87.7 Å². The molecule has 2 aromatic carbocycles. The Hall–Kier alpha value is -2.35. The van der Waals surface area contributed by atoms with Gasteiger partial charge < -0.3 is 19.8 Å². The van der Waals surface area contributed by atoms with E-state index in [1.54, 1.807) is 6.07 Å². The summed E-state index contributed by atoms with van der Waals surface area (Å²) in [4.78, 5) is 9.25. The van der Waals surface area contributed by atoms with Crippen LogP contribution in [0.3, 0.4) is 0 Å². The molecule has 6 nitrogen and oxygen atoms in total. The van der Waals surface area contributed by atoms with E-state index in [2.05, 4.69) is 21.7 Å². The van der Waals surface area contributed by atoms with E-state index in [0.717, 1.165) is 36.5 Å². The lowest BCUT2D eigenvalue weighted by Gasteiger charge is -2.45. The third kappa shape index (κ3) is 6.31. The molecule has 0 bridgehead atoms. The summed E-state index contributed by atoms with van der Waals surface area (Å²) in [6.07, 6.45) is 0.825. The number of ether oxygens (including phenoxy) is 1. The maximum Gasteiger partial charge on any atom is 0.121 e. The Morgan fingerprint density at radius 1 is 1.08 bits per heavy atom. The smallest absolute Gasteiger partial charge is 0.121 e. The number of nitrogens with zero attached hydrogens (tertiary/aromatic N) is 3. The van der Waals surface area contributed by atoms with E-state index < -0.39 is 5.60 Å². The predicted octanol–water partition coefficient (Wildman–Crippen LogP) is 5.09. The van der Waals surface area contributed by atoms with Gasteiger partial charge in [0, 0.05) is 43.0 Å². The number of piperazine rings is 1. The first kappa shape index (κ1) is 26.7. The monoisotopic (exact) mass is 529 g/mol. The number of aliphatic hydroxyl groups is 2. The van der Waals surface area contributed by atoms with Gasteiger partial charge in [-0.2, -0.15) is 0 Å². The van der Waals surface area contributed by atoms with Crippen molar-refractivity contribution >= 4 is 28.9 Å². The van der Waals surface area contributed by atoms with E-state index in [9.17, 15) is 5.11 Å². The standard InChI is InChI=1S/C28H33Cl2N3O3/c1-3-22-5-4-6-27(31-22)28(2,35)19-32-13-14-33(26(18-32)20-7-9-21(29)10-8-20)25-12-11-23(17-24(25)30)36-16-15-34/h4-12,17,26,34-35H,3,13-16,18-19H2,1-2H3/t26-,28+/m0/s1. The van der Waals surface area contributed by atoms with Crippen LogP contribution in [0.4, 0.5) is 5.69 Å². The van der Waals surface area contributed by atoms with Crippen LogP contribution in [-0.2, 0) is 12.0 Å². The summed E-state index contributed by atoms with van der Waals surface area (Å²) in [5, 5.41) is 21.7. The molecule has 1 fully saturated rings. The van der Waals surface area contributed by atoms with Crippen molar-refractivity contribution in [1.82, 2.24) is 9.88 Å². The minimum Gasteiger partial charge on any atom is -0.491 e. The molecule has 8 heteroatoms. The van der Waals surface area contributed by atoms with E-state index in [1.807, 2.05) is 61.5 Å². The van der Waals surface area contributed by atoms with Gasteiger partial charge in [-0.05, 0) is 55.3 Å². The second-order valence-corrected chi connectivity index (χ2v) is 10.2. The molecule has 1 aromatic heterocycles. The maximum absolute atomic E-state index is 11.4. The van der Waals surface area contributed by atoms with Crippen molar-refractivity contribution in [3.8, 4) is 5.75 Å². The fourth-order valence-corrected chi connectivity index (χ4v) is 5.11. The Balaban J connectivity index is 1.59.